The molecule has 0 aromatic carbocycles. The molecule has 0 aromatic heterocycles. The Morgan fingerprint density at radius 2 is 2.04 bits per heavy atom. The van der Waals surface area contributed by atoms with Gasteiger partial charge in [0.05, 0.1) is 6.10 Å². The van der Waals surface area contributed by atoms with Crippen LogP contribution in [0.15, 0.2) is 17.1 Å². The van der Waals surface area contributed by atoms with Gasteiger partial charge in [-0.3, -0.25) is 9.89 Å². The Labute approximate surface area is 168 Å². The molecule has 1 N–H and O–H groups in total. The van der Waals surface area contributed by atoms with E-state index in [1.165, 1.54) is 32.1 Å². The van der Waals surface area contributed by atoms with E-state index in [1.54, 1.807) is 0 Å². The fourth-order valence-corrected chi connectivity index (χ4v) is 5.92. The van der Waals surface area contributed by atoms with Gasteiger partial charge in [0.1, 0.15) is 0 Å². The highest BCUT2D eigenvalue weighted by Gasteiger charge is 2.66. The van der Waals surface area contributed by atoms with Crippen LogP contribution in [0.2, 0.25) is 0 Å². The molecule has 5 rings (SSSR count). The first-order valence-electron chi connectivity index (χ1n) is 9.81. The van der Waals surface area contributed by atoms with E-state index >= 15 is 0 Å². The first kappa shape index (κ1) is 18.0. The van der Waals surface area contributed by atoms with Gasteiger partial charge in [0.2, 0.25) is 0 Å². The molecule has 3 heterocycles. The van der Waals surface area contributed by atoms with Crippen molar-refractivity contribution in [3.05, 3.63) is 12.2 Å². The second-order valence-corrected chi connectivity index (χ2v) is 8.31. The minimum atomic E-state index is 0. The molecule has 2 saturated carbocycles. The Bertz CT molecular complexity index is 554. The average molecular weight is 458 g/mol. The van der Waals surface area contributed by atoms with Gasteiger partial charge in [-0.15, -0.1) is 24.0 Å². The molecular formula is C19H31IN4O. The molecule has 4 fully saturated rings. The zero-order chi connectivity index (χ0) is 16.1. The van der Waals surface area contributed by atoms with Crippen LogP contribution in [0.1, 0.15) is 32.1 Å². The van der Waals surface area contributed by atoms with Crippen LogP contribution in [0.3, 0.4) is 0 Å². The molecule has 2 aliphatic carbocycles. The summed E-state index contributed by atoms with van der Waals surface area (Å²) in [4.78, 5) is 9.72. The Hall–Kier alpha value is -0.340. The normalized spacial score (nSPS) is 39.1. The molecular weight excluding hydrogens is 427 g/mol. The number of nitrogens with one attached hydrogen (secondary N) is 1. The van der Waals surface area contributed by atoms with Crippen LogP contribution >= 0.6 is 24.0 Å². The van der Waals surface area contributed by atoms with Crippen LogP contribution in [-0.2, 0) is 4.74 Å². The SMILES string of the molecule is CN=C(NC1C2CCOC2C12CCC2)N1CCC(N2CC=CC2)C1.I. The standard InChI is InChI=1S/C19H30N4O.HI/c1-20-18(23-11-5-14(13-23)22-9-2-3-10-22)21-16-15-6-12-24-17(15)19(16)7-4-8-19;/h2-3,14-17H,4-13H2,1H3,(H,20,21);1H. The van der Waals surface area contributed by atoms with E-state index in [0.717, 1.165) is 38.7 Å². The van der Waals surface area contributed by atoms with E-state index < -0.39 is 0 Å². The van der Waals surface area contributed by atoms with Gasteiger partial charge in [-0.2, -0.15) is 0 Å². The number of nitrogens with zero attached hydrogens (tertiary/aromatic N) is 3. The fraction of sp³-hybridized carbons (Fsp3) is 0.842. The van der Waals surface area contributed by atoms with E-state index in [4.69, 9.17) is 4.74 Å². The van der Waals surface area contributed by atoms with Crippen molar-refractivity contribution in [2.24, 2.45) is 16.3 Å². The summed E-state index contributed by atoms with van der Waals surface area (Å²) in [6, 6.07) is 1.27. The molecule has 4 unspecified atom stereocenters. The summed E-state index contributed by atoms with van der Waals surface area (Å²) in [6.07, 6.45) is 11.7. The van der Waals surface area contributed by atoms with Crippen molar-refractivity contribution in [2.75, 3.05) is 39.8 Å². The Morgan fingerprint density at radius 3 is 2.72 bits per heavy atom. The monoisotopic (exact) mass is 458 g/mol. The smallest absolute Gasteiger partial charge is 0.193 e. The van der Waals surface area contributed by atoms with Gasteiger partial charge < -0.3 is 15.0 Å². The minimum absolute atomic E-state index is 0. The molecule has 3 aliphatic heterocycles. The topological polar surface area (TPSA) is 40.1 Å². The van der Waals surface area contributed by atoms with Crippen molar-refractivity contribution in [3.63, 3.8) is 0 Å². The average Bonchev–Trinajstić information content (AvgIpc) is 3.27. The number of guanidine groups is 1. The summed E-state index contributed by atoms with van der Waals surface area (Å²) >= 11 is 0. The van der Waals surface area contributed by atoms with E-state index in [2.05, 4.69) is 32.3 Å². The van der Waals surface area contributed by atoms with Crippen molar-refractivity contribution >= 4 is 29.9 Å². The minimum Gasteiger partial charge on any atom is -0.377 e. The van der Waals surface area contributed by atoms with Gasteiger partial charge >= 0.3 is 0 Å². The second kappa shape index (κ2) is 7.00. The number of rotatable bonds is 2. The molecule has 2 saturated heterocycles. The zero-order valence-electron chi connectivity index (χ0n) is 15.2. The van der Waals surface area contributed by atoms with Gasteiger partial charge in [-0.05, 0) is 25.7 Å². The highest BCUT2D eigenvalue weighted by Crippen LogP contribution is 2.62. The lowest BCUT2D eigenvalue weighted by atomic mass is 9.46. The lowest BCUT2D eigenvalue weighted by Gasteiger charge is -2.63. The third-order valence-corrected chi connectivity index (χ3v) is 7.36. The quantitative estimate of drug-likeness (QED) is 0.298. The van der Waals surface area contributed by atoms with Crippen molar-refractivity contribution in [2.45, 2.75) is 50.3 Å². The van der Waals surface area contributed by atoms with Crippen LogP contribution in [-0.4, -0.2) is 73.8 Å². The Balaban J connectivity index is 0.00000157. The van der Waals surface area contributed by atoms with E-state index in [9.17, 15) is 0 Å². The number of aliphatic imine (C=N–C) groups is 1. The zero-order valence-corrected chi connectivity index (χ0v) is 17.5. The molecule has 1 spiro atoms. The number of halogens is 1. The third kappa shape index (κ3) is 2.74. The molecule has 0 aromatic rings. The summed E-state index contributed by atoms with van der Waals surface area (Å²) < 4.78 is 6.06. The van der Waals surface area contributed by atoms with Gasteiger partial charge in [0.25, 0.3) is 0 Å². The van der Waals surface area contributed by atoms with Crippen molar-refractivity contribution < 1.29 is 4.74 Å². The summed E-state index contributed by atoms with van der Waals surface area (Å²) in [7, 11) is 1.95. The third-order valence-electron chi connectivity index (χ3n) is 7.36. The summed E-state index contributed by atoms with van der Waals surface area (Å²) in [5.74, 6) is 1.84. The van der Waals surface area contributed by atoms with Crippen molar-refractivity contribution in [1.82, 2.24) is 15.1 Å². The molecule has 4 atom stereocenters. The highest BCUT2D eigenvalue weighted by molar-refractivity contribution is 14.0. The second-order valence-electron chi connectivity index (χ2n) is 8.31. The molecule has 5 nitrogen and oxygen atoms in total. The maximum absolute atomic E-state index is 6.06. The van der Waals surface area contributed by atoms with Gasteiger partial charge in [-0.25, -0.2) is 0 Å². The Kier molecular flexibility index (Phi) is 5.05. The van der Waals surface area contributed by atoms with Crippen LogP contribution in [0.5, 0.6) is 0 Å². The number of likely N-dealkylation sites (tertiary alicyclic amines) is 1. The summed E-state index contributed by atoms with van der Waals surface area (Å²) in [5, 5.41) is 3.88. The van der Waals surface area contributed by atoms with E-state index in [-0.39, 0.29) is 24.0 Å². The molecule has 0 radical (unpaired) electrons. The number of ether oxygens (including phenoxy) is 1. The number of hydrogen-bond donors (Lipinski definition) is 1. The lowest BCUT2D eigenvalue weighted by molar-refractivity contribution is -0.171. The van der Waals surface area contributed by atoms with Crippen LogP contribution in [0.4, 0.5) is 0 Å². The summed E-state index contributed by atoms with van der Waals surface area (Å²) in [6.45, 7) is 5.45. The van der Waals surface area contributed by atoms with Crippen LogP contribution < -0.4 is 5.32 Å². The summed E-state index contributed by atoms with van der Waals surface area (Å²) in [5.41, 5.74) is 0.426. The predicted molar refractivity (Wildman–Crippen MR) is 111 cm³/mol. The van der Waals surface area contributed by atoms with Crippen LogP contribution in [0, 0.1) is 11.3 Å². The lowest BCUT2D eigenvalue weighted by Crippen LogP contribution is -2.72. The molecule has 140 valence electrons. The van der Waals surface area contributed by atoms with Crippen molar-refractivity contribution in [3.8, 4) is 0 Å². The maximum Gasteiger partial charge on any atom is 0.193 e. The van der Waals surface area contributed by atoms with Gasteiger partial charge in [0.15, 0.2) is 5.96 Å². The first-order valence-corrected chi connectivity index (χ1v) is 9.81. The molecule has 0 amide bonds. The largest absolute Gasteiger partial charge is 0.377 e. The molecule has 6 heteroatoms. The number of fused-ring (bicyclic) bond motifs is 2. The Morgan fingerprint density at radius 1 is 1.24 bits per heavy atom. The maximum atomic E-state index is 6.06. The fourth-order valence-electron chi connectivity index (χ4n) is 5.92. The van der Waals surface area contributed by atoms with E-state index in [0.29, 0.717) is 29.5 Å². The van der Waals surface area contributed by atoms with Crippen LogP contribution in [0.25, 0.3) is 0 Å². The number of hydrogen-bond acceptors (Lipinski definition) is 3. The molecule has 0 bridgehead atoms. The molecule has 5 aliphatic rings. The van der Waals surface area contributed by atoms with E-state index in [1.807, 2.05) is 7.05 Å². The first-order chi connectivity index (χ1) is 11.8. The predicted octanol–water partition coefficient (Wildman–Crippen LogP) is 2.08. The highest BCUT2D eigenvalue weighted by atomic mass is 127. The molecule has 25 heavy (non-hydrogen) atoms. The van der Waals surface area contributed by atoms with Crippen molar-refractivity contribution in [1.29, 1.82) is 0 Å². The van der Waals surface area contributed by atoms with Gasteiger partial charge in [0, 0.05) is 63.3 Å². The van der Waals surface area contributed by atoms with Gasteiger partial charge in [-0.1, -0.05) is 18.6 Å².